The number of anilines is 3. The van der Waals surface area contributed by atoms with E-state index in [2.05, 4.69) is 62.2 Å². The van der Waals surface area contributed by atoms with E-state index in [1.54, 1.807) is 11.8 Å². The van der Waals surface area contributed by atoms with Gasteiger partial charge in [0.25, 0.3) is 0 Å². The van der Waals surface area contributed by atoms with E-state index in [-0.39, 0.29) is 0 Å². The molecule has 0 bridgehead atoms. The number of hydrogen-bond acceptors (Lipinski definition) is 6. The summed E-state index contributed by atoms with van der Waals surface area (Å²) in [6.07, 6.45) is 0. The van der Waals surface area contributed by atoms with Crippen LogP contribution >= 0.6 is 11.8 Å². The molecule has 0 unspecified atom stereocenters. The maximum absolute atomic E-state index is 4.45. The highest BCUT2D eigenvalue weighted by Gasteiger charge is 2.15. The fourth-order valence-corrected chi connectivity index (χ4v) is 3.81. The molecule has 0 atom stereocenters. The van der Waals surface area contributed by atoms with Crippen LogP contribution in [0, 0.1) is 13.8 Å². The Labute approximate surface area is 157 Å². The molecule has 1 aromatic heterocycles. The smallest absolute Gasteiger partial charge is 0.243 e. The van der Waals surface area contributed by atoms with Crippen molar-refractivity contribution in [2.45, 2.75) is 30.6 Å². The quantitative estimate of drug-likeness (QED) is 0.391. The third-order valence-corrected chi connectivity index (χ3v) is 5.23. The summed E-state index contributed by atoms with van der Waals surface area (Å²) in [5, 5.41) is 7.95. The van der Waals surface area contributed by atoms with E-state index in [0.717, 1.165) is 34.0 Å². The lowest BCUT2D eigenvalue weighted by Crippen LogP contribution is -2.05. The van der Waals surface area contributed by atoms with Crippen molar-refractivity contribution in [2.24, 2.45) is 5.10 Å². The number of aromatic nitrogens is 2. The number of hydrazone groups is 1. The van der Waals surface area contributed by atoms with Crippen molar-refractivity contribution in [1.82, 2.24) is 9.97 Å². The molecular weight excluding hydrogens is 342 g/mol. The lowest BCUT2D eigenvalue weighted by Gasteiger charge is -2.21. The molecule has 4 rings (SSSR count). The molecule has 1 aliphatic rings. The summed E-state index contributed by atoms with van der Waals surface area (Å²) < 4.78 is 0. The van der Waals surface area contributed by atoms with Crippen molar-refractivity contribution in [2.75, 3.05) is 10.7 Å². The summed E-state index contributed by atoms with van der Waals surface area (Å²) in [4.78, 5) is 11.2. The lowest BCUT2D eigenvalue weighted by molar-refractivity contribution is 1.03. The Balaban J connectivity index is 1.57. The zero-order chi connectivity index (χ0) is 18.1. The highest BCUT2D eigenvalue weighted by Crippen LogP contribution is 2.44. The minimum absolute atomic E-state index is 0.516. The second-order valence-corrected chi connectivity index (χ2v) is 7.30. The van der Waals surface area contributed by atoms with Gasteiger partial charge in [-0.3, -0.25) is 0 Å². The fraction of sp³-hybridized carbons (Fsp3) is 0.150. The first-order valence-electron chi connectivity index (χ1n) is 8.39. The monoisotopic (exact) mass is 361 g/mol. The van der Waals surface area contributed by atoms with E-state index in [4.69, 9.17) is 0 Å². The van der Waals surface area contributed by atoms with Crippen LogP contribution in [0.5, 0.6) is 0 Å². The van der Waals surface area contributed by atoms with E-state index in [1.807, 2.05) is 32.9 Å². The highest BCUT2D eigenvalue weighted by molar-refractivity contribution is 7.99. The van der Waals surface area contributed by atoms with E-state index in [1.165, 1.54) is 9.79 Å². The van der Waals surface area contributed by atoms with E-state index < -0.39 is 0 Å². The van der Waals surface area contributed by atoms with Gasteiger partial charge in [-0.15, -0.1) is 0 Å². The van der Waals surface area contributed by atoms with Gasteiger partial charge < -0.3 is 5.32 Å². The van der Waals surface area contributed by atoms with Gasteiger partial charge in [0.15, 0.2) is 0 Å². The molecule has 0 saturated carbocycles. The summed E-state index contributed by atoms with van der Waals surface area (Å²) in [5.74, 6) is 0.516. The second-order valence-electron chi connectivity index (χ2n) is 6.22. The number of fused-ring (bicyclic) bond motifs is 2. The zero-order valence-electron chi connectivity index (χ0n) is 14.9. The molecule has 0 radical (unpaired) electrons. The summed E-state index contributed by atoms with van der Waals surface area (Å²) in [7, 11) is 0. The largest absolute Gasteiger partial charge is 0.354 e. The Bertz CT molecular complexity index is 993. The van der Waals surface area contributed by atoms with Gasteiger partial charge >= 0.3 is 0 Å². The SMILES string of the molecule is CC(=NNc1nc(C)cc(C)n1)c1ccc2c(c1)Nc1ccccc1S2. The molecule has 26 heavy (non-hydrogen) atoms. The molecule has 6 heteroatoms. The zero-order valence-corrected chi connectivity index (χ0v) is 15.7. The molecule has 0 spiro atoms. The molecule has 3 aromatic rings. The summed E-state index contributed by atoms with van der Waals surface area (Å²) >= 11 is 1.78. The van der Waals surface area contributed by atoms with Crippen LogP contribution in [0.15, 0.2) is 63.4 Å². The average Bonchev–Trinajstić information content (AvgIpc) is 2.63. The maximum atomic E-state index is 4.45. The van der Waals surface area contributed by atoms with Crippen LogP contribution in [0.4, 0.5) is 17.3 Å². The van der Waals surface area contributed by atoms with Gasteiger partial charge in [-0.25, -0.2) is 15.4 Å². The summed E-state index contributed by atoms with van der Waals surface area (Å²) in [6, 6.07) is 16.6. The topological polar surface area (TPSA) is 62.2 Å². The maximum Gasteiger partial charge on any atom is 0.243 e. The molecule has 2 heterocycles. The van der Waals surface area contributed by atoms with Crippen LogP contribution in [0.25, 0.3) is 0 Å². The van der Waals surface area contributed by atoms with Crippen molar-refractivity contribution in [3.63, 3.8) is 0 Å². The van der Waals surface area contributed by atoms with Gasteiger partial charge in [0.2, 0.25) is 5.95 Å². The molecule has 2 aromatic carbocycles. The Morgan fingerprint density at radius 3 is 2.50 bits per heavy atom. The molecule has 0 fully saturated rings. The molecule has 0 aliphatic carbocycles. The summed E-state index contributed by atoms with van der Waals surface area (Å²) in [6.45, 7) is 5.86. The molecule has 0 saturated heterocycles. The highest BCUT2D eigenvalue weighted by atomic mass is 32.2. The van der Waals surface area contributed by atoms with Crippen molar-refractivity contribution in [1.29, 1.82) is 0 Å². The predicted molar refractivity (Wildman–Crippen MR) is 108 cm³/mol. The fourth-order valence-electron chi connectivity index (χ4n) is 2.84. The number of aryl methyl sites for hydroxylation is 2. The van der Waals surface area contributed by atoms with E-state index >= 15 is 0 Å². The van der Waals surface area contributed by atoms with Crippen molar-refractivity contribution in [3.05, 3.63) is 65.5 Å². The van der Waals surface area contributed by atoms with Crippen LogP contribution in [0.1, 0.15) is 23.9 Å². The van der Waals surface area contributed by atoms with Gasteiger partial charge in [-0.2, -0.15) is 5.10 Å². The van der Waals surface area contributed by atoms with Crippen LogP contribution in [0.3, 0.4) is 0 Å². The molecule has 5 nitrogen and oxygen atoms in total. The number of hydrogen-bond donors (Lipinski definition) is 2. The Morgan fingerprint density at radius 1 is 0.962 bits per heavy atom. The van der Waals surface area contributed by atoms with Crippen LogP contribution < -0.4 is 10.7 Å². The normalized spacial score (nSPS) is 12.8. The van der Waals surface area contributed by atoms with E-state index in [9.17, 15) is 0 Å². The third-order valence-electron chi connectivity index (χ3n) is 4.08. The Hall–Kier alpha value is -2.86. The minimum Gasteiger partial charge on any atom is -0.354 e. The second kappa shape index (κ2) is 6.80. The lowest BCUT2D eigenvalue weighted by atomic mass is 10.1. The van der Waals surface area contributed by atoms with Gasteiger partial charge in [0, 0.05) is 21.2 Å². The molecule has 130 valence electrons. The van der Waals surface area contributed by atoms with Crippen molar-refractivity contribution < 1.29 is 0 Å². The Kier molecular flexibility index (Phi) is 4.34. The summed E-state index contributed by atoms with van der Waals surface area (Å²) in [5.41, 5.74) is 8.96. The molecule has 2 N–H and O–H groups in total. The number of rotatable bonds is 3. The number of benzene rings is 2. The molecule has 1 aliphatic heterocycles. The Morgan fingerprint density at radius 2 is 1.69 bits per heavy atom. The van der Waals surface area contributed by atoms with Gasteiger partial charge in [-0.05, 0) is 56.7 Å². The minimum atomic E-state index is 0.516. The number of para-hydroxylation sites is 1. The van der Waals surface area contributed by atoms with Crippen molar-refractivity contribution in [3.8, 4) is 0 Å². The number of nitrogens with zero attached hydrogens (tertiary/aromatic N) is 3. The first kappa shape index (κ1) is 16.6. The molecular formula is C20H19N5S. The van der Waals surface area contributed by atoms with Crippen molar-refractivity contribution >= 4 is 34.8 Å². The van der Waals surface area contributed by atoms with E-state index in [0.29, 0.717) is 5.95 Å². The van der Waals surface area contributed by atoms with Gasteiger partial charge in [-0.1, -0.05) is 30.0 Å². The van der Waals surface area contributed by atoms with Crippen LogP contribution in [-0.2, 0) is 0 Å². The van der Waals surface area contributed by atoms with Gasteiger partial charge in [0.05, 0.1) is 17.1 Å². The predicted octanol–water partition coefficient (Wildman–Crippen LogP) is 5.14. The third kappa shape index (κ3) is 3.41. The average molecular weight is 361 g/mol. The molecule has 0 amide bonds. The standard InChI is InChI=1S/C20H19N5S/c1-12-10-13(2)22-20(21-12)25-24-14(3)15-8-9-19-17(11-15)23-16-6-4-5-7-18(16)26-19/h4-11,23H,1-3H3,(H,21,22,25). The number of nitrogens with one attached hydrogen (secondary N) is 2. The first-order valence-corrected chi connectivity index (χ1v) is 9.21. The van der Waals surface area contributed by atoms with Crippen LogP contribution in [-0.4, -0.2) is 15.7 Å². The first-order chi connectivity index (χ1) is 12.6. The van der Waals surface area contributed by atoms with Gasteiger partial charge in [0.1, 0.15) is 0 Å². The van der Waals surface area contributed by atoms with Crippen LogP contribution in [0.2, 0.25) is 0 Å².